The maximum absolute atomic E-state index is 6.04. The zero-order valence-corrected chi connectivity index (χ0v) is 16.7. The molecule has 0 N–H and O–H groups in total. The van der Waals surface area contributed by atoms with Crippen LogP contribution in [0.15, 0.2) is 49.1 Å². The molecule has 5 heterocycles. The van der Waals surface area contributed by atoms with Crippen molar-refractivity contribution in [1.82, 2.24) is 24.5 Å². The summed E-state index contributed by atoms with van der Waals surface area (Å²) in [5.74, 6) is 2.47. The van der Waals surface area contributed by atoms with Crippen LogP contribution in [0, 0.1) is 6.92 Å². The Hall–Kier alpha value is -3.03. The zero-order chi connectivity index (χ0) is 19.8. The molecule has 1 aliphatic heterocycles. The summed E-state index contributed by atoms with van der Waals surface area (Å²) in [5, 5.41) is 0.588. The summed E-state index contributed by atoms with van der Waals surface area (Å²) in [5.41, 5.74) is 3.78. The maximum atomic E-state index is 6.04. The lowest BCUT2D eigenvalue weighted by atomic mass is 10.1. The molecule has 0 atom stereocenters. The van der Waals surface area contributed by atoms with Crippen LogP contribution in [0.25, 0.3) is 28.2 Å². The molecule has 0 spiro atoms. The Morgan fingerprint density at radius 1 is 1.00 bits per heavy atom. The van der Waals surface area contributed by atoms with E-state index < -0.39 is 0 Å². The number of nitrogens with zero attached hydrogens (tertiary/aromatic N) is 6. The first-order chi connectivity index (χ1) is 14.2. The lowest BCUT2D eigenvalue weighted by molar-refractivity contribution is 0.122. The van der Waals surface area contributed by atoms with Crippen LogP contribution in [0.1, 0.15) is 5.56 Å². The Kier molecular flexibility index (Phi) is 4.61. The first-order valence-corrected chi connectivity index (χ1v) is 9.82. The van der Waals surface area contributed by atoms with Gasteiger partial charge in [0.2, 0.25) is 0 Å². The van der Waals surface area contributed by atoms with E-state index >= 15 is 0 Å². The molecule has 1 fully saturated rings. The van der Waals surface area contributed by atoms with Gasteiger partial charge in [-0.25, -0.2) is 15.0 Å². The number of anilines is 1. The molecule has 0 bridgehead atoms. The van der Waals surface area contributed by atoms with E-state index in [1.165, 1.54) is 0 Å². The van der Waals surface area contributed by atoms with Gasteiger partial charge < -0.3 is 9.64 Å². The molecule has 0 unspecified atom stereocenters. The summed E-state index contributed by atoms with van der Waals surface area (Å²) < 4.78 is 7.44. The number of rotatable bonds is 3. The first kappa shape index (κ1) is 18.0. The number of ether oxygens (including phenoxy) is 1. The summed E-state index contributed by atoms with van der Waals surface area (Å²) in [6, 6.07) is 7.71. The standard InChI is InChI=1S/C21H19ClN6O/c1-14-10-20(27-6-8-29-9-7-27)25-12-16(14)21-26-17-4-5-23-13-18(17)28(21)19-3-2-15(22)11-24-19/h2-5,10-13H,6-9H2,1H3. The molecule has 0 amide bonds. The van der Waals surface area contributed by atoms with Gasteiger partial charge in [-0.1, -0.05) is 11.6 Å². The summed E-state index contributed by atoms with van der Waals surface area (Å²) in [6.07, 6.45) is 7.06. The summed E-state index contributed by atoms with van der Waals surface area (Å²) in [6.45, 7) is 5.24. The van der Waals surface area contributed by atoms with Crippen LogP contribution in [-0.2, 0) is 4.74 Å². The van der Waals surface area contributed by atoms with Crippen LogP contribution in [0.2, 0.25) is 5.02 Å². The van der Waals surface area contributed by atoms with E-state index in [1.54, 1.807) is 18.6 Å². The van der Waals surface area contributed by atoms with Gasteiger partial charge in [0.05, 0.1) is 35.5 Å². The van der Waals surface area contributed by atoms with E-state index in [0.29, 0.717) is 5.02 Å². The monoisotopic (exact) mass is 406 g/mol. The molecular formula is C21H19ClN6O. The molecule has 4 aromatic heterocycles. The van der Waals surface area contributed by atoms with E-state index in [-0.39, 0.29) is 0 Å². The lowest BCUT2D eigenvalue weighted by Gasteiger charge is -2.28. The molecule has 7 nitrogen and oxygen atoms in total. The van der Waals surface area contributed by atoms with E-state index in [9.17, 15) is 0 Å². The molecule has 4 aromatic rings. The number of pyridine rings is 3. The Bertz CT molecular complexity index is 1170. The van der Waals surface area contributed by atoms with Crippen molar-refractivity contribution in [1.29, 1.82) is 0 Å². The molecule has 29 heavy (non-hydrogen) atoms. The lowest BCUT2D eigenvalue weighted by Crippen LogP contribution is -2.36. The Balaban J connectivity index is 1.65. The van der Waals surface area contributed by atoms with Crippen molar-refractivity contribution >= 4 is 28.5 Å². The number of hydrogen-bond donors (Lipinski definition) is 0. The highest BCUT2D eigenvalue weighted by molar-refractivity contribution is 6.30. The van der Waals surface area contributed by atoms with Crippen LogP contribution in [-0.4, -0.2) is 50.8 Å². The van der Waals surface area contributed by atoms with Crippen LogP contribution < -0.4 is 4.90 Å². The minimum Gasteiger partial charge on any atom is -0.378 e. The van der Waals surface area contributed by atoms with Crippen molar-refractivity contribution in [3.8, 4) is 17.2 Å². The normalized spacial score (nSPS) is 14.5. The second-order valence-corrected chi connectivity index (χ2v) is 7.36. The second kappa shape index (κ2) is 7.42. The Labute approximate surface area is 173 Å². The molecule has 1 aliphatic rings. The van der Waals surface area contributed by atoms with Gasteiger partial charge >= 0.3 is 0 Å². The van der Waals surface area contributed by atoms with Gasteiger partial charge in [0.1, 0.15) is 17.5 Å². The van der Waals surface area contributed by atoms with E-state index in [1.807, 2.05) is 29.0 Å². The summed E-state index contributed by atoms with van der Waals surface area (Å²) in [4.78, 5) is 20.6. The fourth-order valence-electron chi connectivity index (χ4n) is 3.58. The SMILES string of the molecule is Cc1cc(N2CCOCC2)ncc1-c1nc2ccncc2n1-c1ccc(Cl)cn1. The molecule has 146 valence electrons. The quantitative estimate of drug-likeness (QED) is 0.517. The number of aromatic nitrogens is 5. The topological polar surface area (TPSA) is 69.0 Å². The fraction of sp³-hybridized carbons (Fsp3) is 0.238. The highest BCUT2D eigenvalue weighted by Gasteiger charge is 2.19. The van der Waals surface area contributed by atoms with Crippen molar-refractivity contribution in [3.63, 3.8) is 0 Å². The molecule has 0 saturated carbocycles. The number of aryl methyl sites for hydroxylation is 1. The van der Waals surface area contributed by atoms with Gasteiger partial charge in [-0.15, -0.1) is 0 Å². The van der Waals surface area contributed by atoms with Crippen molar-refractivity contribution in [2.24, 2.45) is 0 Å². The summed E-state index contributed by atoms with van der Waals surface area (Å²) in [7, 11) is 0. The Morgan fingerprint density at radius 2 is 1.83 bits per heavy atom. The second-order valence-electron chi connectivity index (χ2n) is 6.93. The van der Waals surface area contributed by atoms with Gasteiger partial charge in [-0.3, -0.25) is 9.55 Å². The van der Waals surface area contributed by atoms with E-state index in [0.717, 1.165) is 65.9 Å². The fourth-order valence-corrected chi connectivity index (χ4v) is 3.69. The zero-order valence-electron chi connectivity index (χ0n) is 15.9. The number of hydrogen-bond acceptors (Lipinski definition) is 6. The third-order valence-corrected chi connectivity index (χ3v) is 5.29. The Morgan fingerprint density at radius 3 is 2.59 bits per heavy atom. The van der Waals surface area contributed by atoms with Crippen LogP contribution in [0.4, 0.5) is 5.82 Å². The molecule has 8 heteroatoms. The predicted molar refractivity (Wildman–Crippen MR) is 113 cm³/mol. The predicted octanol–water partition coefficient (Wildman–Crippen LogP) is 3.68. The molecule has 0 aromatic carbocycles. The molecule has 0 radical (unpaired) electrons. The number of halogens is 1. The van der Waals surface area contributed by atoms with Crippen LogP contribution in [0.5, 0.6) is 0 Å². The molecule has 5 rings (SSSR count). The van der Waals surface area contributed by atoms with E-state index in [2.05, 4.69) is 27.9 Å². The highest BCUT2D eigenvalue weighted by Crippen LogP contribution is 2.30. The van der Waals surface area contributed by atoms with Crippen molar-refractivity contribution < 1.29 is 4.74 Å². The van der Waals surface area contributed by atoms with Gasteiger partial charge in [0, 0.05) is 37.2 Å². The van der Waals surface area contributed by atoms with Crippen LogP contribution in [0.3, 0.4) is 0 Å². The smallest absolute Gasteiger partial charge is 0.148 e. The molecular weight excluding hydrogens is 388 g/mol. The average Bonchev–Trinajstić information content (AvgIpc) is 3.14. The molecule has 0 aliphatic carbocycles. The number of imidazole rings is 1. The van der Waals surface area contributed by atoms with Gasteiger partial charge in [0.25, 0.3) is 0 Å². The largest absolute Gasteiger partial charge is 0.378 e. The first-order valence-electron chi connectivity index (χ1n) is 9.45. The minimum atomic E-state index is 0.588. The van der Waals surface area contributed by atoms with E-state index in [4.69, 9.17) is 26.3 Å². The third-order valence-electron chi connectivity index (χ3n) is 5.07. The van der Waals surface area contributed by atoms with Crippen molar-refractivity contribution in [2.75, 3.05) is 31.2 Å². The third kappa shape index (κ3) is 3.32. The molecule has 1 saturated heterocycles. The average molecular weight is 407 g/mol. The van der Waals surface area contributed by atoms with Crippen LogP contribution >= 0.6 is 11.6 Å². The minimum absolute atomic E-state index is 0.588. The van der Waals surface area contributed by atoms with Crippen molar-refractivity contribution in [2.45, 2.75) is 6.92 Å². The van der Waals surface area contributed by atoms with Gasteiger partial charge in [0.15, 0.2) is 0 Å². The maximum Gasteiger partial charge on any atom is 0.148 e. The summed E-state index contributed by atoms with van der Waals surface area (Å²) >= 11 is 6.04. The number of fused-ring (bicyclic) bond motifs is 1. The number of morpholine rings is 1. The highest BCUT2D eigenvalue weighted by atomic mass is 35.5. The van der Waals surface area contributed by atoms with Crippen molar-refractivity contribution in [3.05, 3.63) is 59.6 Å². The van der Waals surface area contributed by atoms with Gasteiger partial charge in [-0.05, 0) is 36.8 Å². The van der Waals surface area contributed by atoms with Gasteiger partial charge in [-0.2, -0.15) is 0 Å².